The monoisotopic (exact) mass is 481 g/mol. The highest BCUT2D eigenvalue weighted by molar-refractivity contribution is 14.1. The number of aliphatic imine (C=N–C) groups is 1. The van der Waals surface area contributed by atoms with E-state index in [1.54, 1.807) is 12.1 Å². The van der Waals surface area contributed by atoms with Gasteiger partial charge in [-0.3, -0.25) is 0 Å². The summed E-state index contributed by atoms with van der Waals surface area (Å²) in [6, 6.07) is 13.0. The lowest BCUT2D eigenvalue weighted by atomic mass is 10.1. The van der Waals surface area contributed by atoms with Crippen LogP contribution in [0, 0.1) is 3.57 Å². The topological polar surface area (TPSA) is 47.9 Å². The van der Waals surface area contributed by atoms with E-state index in [0.29, 0.717) is 16.3 Å². The van der Waals surface area contributed by atoms with Crippen LogP contribution >= 0.6 is 34.2 Å². The summed E-state index contributed by atoms with van der Waals surface area (Å²) < 4.78 is 12.2. The van der Waals surface area contributed by atoms with Gasteiger partial charge in [0.2, 0.25) is 5.90 Å². The summed E-state index contributed by atoms with van der Waals surface area (Å²) >= 11 is 8.39. The summed E-state index contributed by atoms with van der Waals surface area (Å²) in [4.78, 5) is 16.6. The Morgan fingerprint density at radius 2 is 2.08 bits per heavy atom. The number of ether oxygens (including phenoxy) is 2. The number of halogens is 2. The van der Waals surface area contributed by atoms with Crippen molar-refractivity contribution in [1.29, 1.82) is 0 Å². The molecule has 0 radical (unpaired) electrons. The van der Waals surface area contributed by atoms with E-state index in [-0.39, 0.29) is 17.7 Å². The van der Waals surface area contributed by atoms with Gasteiger partial charge in [0, 0.05) is 9.13 Å². The minimum atomic E-state index is -0.506. The van der Waals surface area contributed by atoms with Gasteiger partial charge in [0.25, 0.3) is 0 Å². The summed E-state index contributed by atoms with van der Waals surface area (Å²) in [6.07, 6.45) is 2.64. The number of hydrogen-bond acceptors (Lipinski definition) is 4. The lowest BCUT2D eigenvalue weighted by molar-refractivity contribution is -0.129. The molecule has 3 rings (SSSR count). The quantitative estimate of drug-likeness (QED) is 0.323. The second kappa shape index (κ2) is 8.22. The van der Waals surface area contributed by atoms with Crippen molar-refractivity contribution < 1.29 is 14.3 Å². The maximum atomic E-state index is 12.3. The Morgan fingerprint density at radius 1 is 1.31 bits per heavy atom. The molecule has 1 unspecified atom stereocenters. The fourth-order valence-corrected chi connectivity index (χ4v) is 3.03. The number of esters is 1. The summed E-state index contributed by atoms with van der Waals surface area (Å²) in [5.74, 6) is 0.413. The molecule has 0 saturated carbocycles. The fraction of sp³-hybridized carbons (Fsp3) is 0.200. The van der Waals surface area contributed by atoms with E-state index in [0.717, 1.165) is 15.6 Å². The van der Waals surface area contributed by atoms with Crippen LogP contribution in [-0.2, 0) is 9.53 Å². The first kappa shape index (κ1) is 18.9. The molecule has 2 aromatic rings. The average Bonchev–Trinajstić information content (AvgIpc) is 2.99. The Morgan fingerprint density at radius 3 is 2.85 bits per heavy atom. The fourth-order valence-electron chi connectivity index (χ4n) is 2.34. The number of nitrogens with zero attached hydrogens (tertiary/aromatic N) is 1. The van der Waals surface area contributed by atoms with Crippen molar-refractivity contribution in [3.8, 4) is 5.75 Å². The molecule has 0 fully saturated rings. The van der Waals surface area contributed by atoms with Gasteiger partial charge in [-0.1, -0.05) is 36.7 Å². The molecule has 0 amide bonds. The molecule has 1 atom stereocenters. The molecule has 1 heterocycles. The maximum Gasteiger partial charge on any atom is 0.363 e. The molecule has 6 heteroatoms. The SMILES string of the molecule is CCC(C)Oc1ccccc1/C=C1\N=C(c2cc(I)ccc2Cl)OC1=O. The van der Waals surface area contributed by atoms with E-state index in [2.05, 4.69) is 34.5 Å². The highest BCUT2D eigenvalue weighted by Gasteiger charge is 2.26. The van der Waals surface area contributed by atoms with E-state index in [9.17, 15) is 4.79 Å². The number of carbonyl (C=O) groups excluding carboxylic acids is 1. The Labute approximate surface area is 171 Å². The molecule has 4 nitrogen and oxygen atoms in total. The van der Waals surface area contributed by atoms with E-state index in [4.69, 9.17) is 21.1 Å². The number of cyclic esters (lactones) is 1. The molecule has 0 N–H and O–H groups in total. The Bertz CT molecular complexity index is 908. The van der Waals surface area contributed by atoms with Gasteiger partial charge in [0.05, 0.1) is 16.7 Å². The van der Waals surface area contributed by atoms with Gasteiger partial charge >= 0.3 is 5.97 Å². The third-order valence-corrected chi connectivity index (χ3v) is 4.89. The Balaban J connectivity index is 1.96. The number of carbonyl (C=O) groups is 1. The van der Waals surface area contributed by atoms with Gasteiger partial charge < -0.3 is 9.47 Å². The standard InChI is InChI=1S/C20H17ClINO3/c1-3-12(2)25-18-7-5-4-6-13(18)10-17-20(24)26-19(23-17)15-11-14(22)8-9-16(15)21/h4-12H,3H2,1-2H3/b17-10-. The van der Waals surface area contributed by atoms with Gasteiger partial charge in [-0.15, -0.1) is 0 Å². The van der Waals surface area contributed by atoms with E-state index >= 15 is 0 Å². The third kappa shape index (κ3) is 4.27. The predicted molar refractivity (Wildman–Crippen MR) is 112 cm³/mol. The number of para-hydroxylation sites is 1. The predicted octanol–water partition coefficient (Wildman–Crippen LogP) is 5.47. The van der Waals surface area contributed by atoms with Crippen LogP contribution in [0.1, 0.15) is 31.4 Å². The van der Waals surface area contributed by atoms with Gasteiger partial charge in [0.1, 0.15) is 5.75 Å². The zero-order valence-corrected chi connectivity index (χ0v) is 17.2. The van der Waals surface area contributed by atoms with Gasteiger partial charge in [-0.25, -0.2) is 9.79 Å². The van der Waals surface area contributed by atoms with Crippen LogP contribution in [0.3, 0.4) is 0 Å². The second-order valence-electron chi connectivity index (χ2n) is 5.83. The highest BCUT2D eigenvalue weighted by atomic mass is 127. The van der Waals surface area contributed by atoms with Crippen molar-refractivity contribution in [2.75, 3.05) is 0 Å². The van der Waals surface area contributed by atoms with E-state index < -0.39 is 5.97 Å². The highest BCUT2D eigenvalue weighted by Crippen LogP contribution is 2.28. The zero-order valence-electron chi connectivity index (χ0n) is 14.3. The molecule has 0 aromatic heterocycles. The van der Waals surface area contributed by atoms with Crippen LogP contribution in [0.15, 0.2) is 53.2 Å². The molecule has 0 spiro atoms. The van der Waals surface area contributed by atoms with Gasteiger partial charge in [-0.2, -0.15) is 0 Å². The van der Waals surface area contributed by atoms with Crippen LogP contribution in [0.4, 0.5) is 0 Å². The lowest BCUT2D eigenvalue weighted by Crippen LogP contribution is -2.10. The van der Waals surface area contributed by atoms with Gasteiger partial charge in [0.15, 0.2) is 5.70 Å². The van der Waals surface area contributed by atoms with Crippen molar-refractivity contribution in [1.82, 2.24) is 0 Å². The number of rotatable bonds is 5. The van der Waals surface area contributed by atoms with Gasteiger partial charge in [-0.05, 0) is 66.3 Å². The first-order valence-electron chi connectivity index (χ1n) is 8.21. The first-order chi connectivity index (χ1) is 12.5. The Kier molecular flexibility index (Phi) is 5.98. The van der Waals surface area contributed by atoms with Crippen molar-refractivity contribution in [2.45, 2.75) is 26.4 Å². The lowest BCUT2D eigenvalue weighted by Gasteiger charge is -2.14. The minimum Gasteiger partial charge on any atom is -0.490 e. The van der Waals surface area contributed by atoms with Crippen LogP contribution in [0.5, 0.6) is 5.75 Å². The minimum absolute atomic E-state index is 0.0781. The Hall–Kier alpha value is -1.86. The third-order valence-electron chi connectivity index (χ3n) is 3.89. The van der Waals surface area contributed by atoms with Crippen LogP contribution in [0.25, 0.3) is 6.08 Å². The van der Waals surface area contributed by atoms with Crippen LogP contribution < -0.4 is 4.74 Å². The molecule has 1 aliphatic rings. The largest absolute Gasteiger partial charge is 0.490 e. The molecular formula is C20H17ClINO3. The molecule has 134 valence electrons. The first-order valence-corrected chi connectivity index (χ1v) is 9.67. The van der Waals surface area contributed by atoms with Crippen molar-refractivity contribution >= 4 is 52.1 Å². The van der Waals surface area contributed by atoms with Crippen molar-refractivity contribution in [2.24, 2.45) is 4.99 Å². The summed E-state index contributed by atoms with van der Waals surface area (Å²) in [7, 11) is 0. The number of hydrogen-bond donors (Lipinski definition) is 0. The molecule has 2 aromatic carbocycles. The maximum absolute atomic E-state index is 12.3. The smallest absolute Gasteiger partial charge is 0.363 e. The molecular weight excluding hydrogens is 465 g/mol. The molecule has 0 aliphatic carbocycles. The van der Waals surface area contributed by atoms with Crippen LogP contribution in [-0.4, -0.2) is 18.0 Å². The normalized spacial score (nSPS) is 16.4. The molecule has 1 aliphatic heterocycles. The molecule has 0 bridgehead atoms. The molecule has 0 saturated heterocycles. The second-order valence-corrected chi connectivity index (χ2v) is 7.49. The average molecular weight is 482 g/mol. The zero-order chi connectivity index (χ0) is 18.7. The van der Waals surface area contributed by atoms with Crippen molar-refractivity contribution in [3.05, 3.63) is 67.9 Å². The summed E-state index contributed by atoms with van der Waals surface area (Å²) in [5, 5.41) is 0.485. The van der Waals surface area contributed by atoms with Crippen molar-refractivity contribution in [3.63, 3.8) is 0 Å². The summed E-state index contributed by atoms with van der Waals surface area (Å²) in [5.41, 5.74) is 1.59. The number of benzene rings is 2. The molecule has 26 heavy (non-hydrogen) atoms. The summed E-state index contributed by atoms with van der Waals surface area (Å²) in [6.45, 7) is 4.06. The van der Waals surface area contributed by atoms with E-state index in [1.165, 1.54) is 0 Å². The van der Waals surface area contributed by atoms with Crippen LogP contribution in [0.2, 0.25) is 5.02 Å². The van der Waals surface area contributed by atoms with E-state index in [1.807, 2.05) is 43.3 Å².